The van der Waals surface area contributed by atoms with Crippen LogP contribution in [0.4, 0.5) is 0 Å². The van der Waals surface area contributed by atoms with Gasteiger partial charge in [0.05, 0.1) is 33.3 Å². The highest BCUT2D eigenvalue weighted by Gasteiger charge is 2.24. The SMILES string of the molecule is c1ccc(-c2ccccc2-n2c3cccc4c3c3c2ccc2c5ccccc5n(c5ccc6ccccc6c45)c23)cc1. The van der Waals surface area contributed by atoms with Crippen LogP contribution in [0.5, 0.6) is 0 Å². The van der Waals surface area contributed by atoms with Gasteiger partial charge >= 0.3 is 0 Å². The molecule has 10 aromatic rings. The molecule has 0 spiro atoms. The number of para-hydroxylation sites is 2. The van der Waals surface area contributed by atoms with Crippen molar-refractivity contribution in [1.82, 2.24) is 8.97 Å². The van der Waals surface area contributed by atoms with Crippen molar-refractivity contribution in [2.75, 3.05) is 0 Å². The van der Waals surface area contributed by atoms with Crippen molar-refractivity contribution >= 4 is 70.7 Å². The van der Waals surface area contributed by atoms with Gasteiger partial charge in [0.1, 0.15) is 0 Å². The number of hydrogen-bond acceptors (Lipinski definition) is 0. The first-order valence-electron chi connectivity index (χ1n) is 14.5. The zero-order valence-electron chi connectivity index (χ0n) is 22.8. The summed E-state index contributed by atoms with van der Waals surface area (Å²) in [6.45, 7) is 0. The molecule has 0 saturated heterocycles. The quantitative estimate of drug-likeness (QED) is 0.209. The molecule has 42 heavy (non-hydrogen) atoms. The maximum Gasteiger partial charge on any atom is 0.0641 e. The van der Waals surface area contributed by atoms with E-state index in [0.717, 1.165) is 0 Å². The van der Waals surface area contributed by atoms with E-state index in [1.54, 1.807) is 0 Å². The van der Waals surface area contributed by atoms with Gasteiger partial charge in [-0.25, -0.2) is 0 Å². The smallest absolute Gasteiger partial charge is 0.0641 e. The van der Waals surface area contributed by atoms with Crippen molar-refractivity contribution in [3.63, 3.8) is 0 Å². The molecule has 0 fully saturated rings. The topological polar surface area (TPSA) is 9.34 Å². The monoisotopic (exact) mass is 532 g/mol. The summed E-state index contributed by atoms with van der Waals surface area (Å²) in [5.74, 6) is 0. The van der Waals surface area contributed by atoms with Gasteiger partial charge in [0.25, 0.3) is 0 Å². The van der Waals surface area contributed by atoms with E-state index >= 15 is 0 Å². The number of aromatic nitrogens is 2. The van der Waals surface area contributed by atoms with Crippen LogP contribution in [-0.4, -0.2) is 8.97 Å². The van der Waals surface area contributed by atoms with Gasteiger partial charge in [-0.2, -0.15) is 0 Å². The molecule has 2 heteroatoms. The number of hydrogen-bond donors (Lipinski definition) is 0. The molecule has 0 N–H and O–H groups in total. The molecule has 0 aliphatic heterocycles. The minimum absolute atomic E-state index is 1.20. The lowest BCUT2D eigenvalue weighted by Gasteiger charge is -2.14. The predicted molar refractivity (Wildman–Crippen MR) is 178 cm³/mol. The summed E-state index contributed by atoms with van der Waals surface area (Å²) in [5.41, 5.74) is 9.88. The normalized spacial score (nSPS) is 12.3. The van der Waals surface area contributed by atoms with E-state index in [4.69, 9.17) is 0 Å². The van der Waals surface area contributed by atoms with Gasteiger partial charge in [0.2, 0.25) is 0 Å². The molecule has 0 unspecified atom stereocenters. The number of nitrogens with zero attached hydrogens (tertiary/aromatic N) is 2. The van der Waals surface area contributed by atoms with Crippen LogP contribution < -0.4 is 0 Å². The zero-order valence-corrected chi connectivity index (χ0v) is 22.8. The number of rotatable bonds is 2. The summed E-state index contributed by atoms with van der Waals surface area (Å²) in [4.78, 5) is 0. The van der Waals surface area contributed by atoms with E-state index in [0.29, 0.717) is 0 Å². The fourth-order valence-electron chi connectivity index (χ4n) is 7.58. The molecule has 3 aromatic heterocycles. The molecule has 0 saturated carbocycles. The molecule has 2 nitrogen and oxygen atoms in total. The Morgan fingerprint density at radius 1 is 0.357 bits per heavy atom. The van der Waals surface area contributed by atoms with Crippen LogP contribution >= 0.6 is 0 Å². The predicted octanol–water partition coefficient (Wildman–Crippen LogP) is 10.8. The van der Waals surface area contributed by atoms with E-state index in [1.165, 1.54) is 87.5 Å². The van der Waals surface area contributed by atoms with Crippen LogP contribution in [0.3, 0.4) is 0 Å². The van der Waals surface area contributed by atoms with Gasteiger partial charge in [-0.1, -0.05) is 115 Å². The highest BCUT2D eigenvalue weighted by molar-refractivity contribution is 6.35. The third kappa shape index (κ3) is 2.69. The molecule has 0 bridgehead atoms. The minimum atomic E-state index is 1.20. The Bertz CT molecular complexity index is 2670. The molecule has 0 amide bonds. The lowest BCUT2D eigenvalue weighted by Crippen LogP contribution is -1.97. The molecule has 194 valence electrons. The van der Waals surface area contributed by atoms with Gasteiger partial charge in [-0.05, 0) is 52.1 Å². The Labute approximate surface area is 241 Å². The lowest BCUT2D eigenvalue weighted by atomic mass is 9.99. The van der Waals surface area contributed by atoms with Crippen molar-refractivity contribution < 1.29 is 0 Å². The Balaban J connectivity index is 1.54. The molecule has 0 aliphatic rings. The number of fused-ring (bicyclic) bond motifs is 8. The Hall–Kier alpha value is -5.60. The van der Waals surface area contributed by atoms with Crippen LogP contribution in [0.25, 0.3) is 87.5 Å². The van der Waals surface area contributed by atoms with E-state index in [1.807, 2.05) is 0 Å². The van der Waals surface area contributed by atoms with Crippen molar-refractivity contribution in [2.45, 2.75) is 0 Å². The van der Waals surface area contributed by atoms with Crippen molar-refractivity contribution in [2.24, 2.45) is 0 Å². The lowest BCUT2D eigenvalue weighted by molar-refractivity contribution is 1.18. The van der Waals surface area contributed by atoms with Gasteiger partial charge in [0, 0.05) is 32.5 Å². The van der Waals surface area contributed by atoms with Gasteiger partial charge in [-0.3, -0.25) is 0 Å². The fraction of sp³-hybridized carbons (Fsp3) is 0. The summed E-state index contributed by atoms with van der Waals surface area (Å²) < 4.78 is 5.02. The molecule has 0 radical (unpaired) electrons. The molecular weight excluding hydrogens is 508 g/mol. The number of benzene rings is 7. The second-order valence-electron chi connectivity index (χ2n) is 11.3. The van der Waals surface area contributed by atoms with E-state index in [2.05, 4.69) is 155 Å². The van der Waals surface area contributed by atoms with Gasteiger partial charge in [0.15, 0.2) is 0 Å². The van der Waals surface area contributed by atoms with Gasteiger partial charge < -0.3 is 8.97 Å². The first kappa shape index (κ1) is 22.1. The second-order valence-corrected chi connectivity index (χ2v) is 11.3. The second kappa shape index (κ2) is 7.99. The molecule has 3 heterocycles. The van der Waals surface area contributed by atoms with Crippen LogP contribution in [0.15, 0.2) is 146 Å². The average molecular weight is 533 g/mol. The van der Waals surface area contributed by atoms with Crippen LogP contribution in [-0.2, 0) is 0 Å². The van der Waals surface area contributed by atoms with E-state index in [-0.39, 0.29) is 0 Å². The third-order valence-corrected chi connectivity index (χ3v) is 9.24. The molecule has 10 rings (SSSR count). The fourth-order valence-corrected chi connectivity index (χ4v) is 7.58. The first-order chi connectivity index (χ1) is 20.9. The first-order valence-corrected chi connectivity index (χ1v) is 14.5. The van der Waals surface area contributed by atoms with Crippen molar-refractivity contribution in [1.29, 1.82) is 0 Å². The minimum Gasteiger partial charge on any atom is -0.309 e. The summed E-state index contributed by atoms with van der Waals surface area (Å²) in [7, 11) is 0. The molecule has 7 aromatic carbocycles. The van der Waals surface area contributed by atoms with Gasteiger partial charge in [-0.15, -0.1) is 0 Å². The summed E-state index contributed by atoms with van der Waals surface area (Å²) >= 11 is 0. The highest BCUT2D eigenvalue weighted by Crippen LogP contribution is 2.47. The van der Waals surface area contributed by atoms with Crippen LogP contribution in [0, 0.1) is 0 Å². The van der Waals surface area contributed by atoms with E-state index in [9.17, 15) is 0 Å². The largest absolute Gasteiger partial charge is 0.309 e. The Kier molecular flexibility index (Phi) is 4.21. The third-order valence-electron chi connectivity index (χ3n) is 9.24. The van der Waals surface area contributed by atoms with Crippen molar-refractivity contribution in [3.8, 4) is 16.8 Å². The molecular formula is C40H24N2. The highest BCUT2D eigenvalue weighted by atomic mass is 15.0. The van der Waals surface area contributed by atoms with E-state index < -0.39 is 0 Å². The molecule has 0 atom stereocenters. The Morgan fingerprint density at radius 2 is 1.05 bits per heavy atom. The standard InChI is InChI=1S/C40H24N2/c1-2-11-25(12-3-1)27-14-6-8-18-32(27)41-34-20-10-17-31-37-28-15-5-4-13-26(28)21-23-35(37)42-33-19-9-7-16-29(33)30-22-24-36(41)39(38(31)34)40(30)42/h1-24H. The zero-order chi connectivity index (χ0) is 27.4. The summed E-state index contributed by atoms with van der Waals surface area (Å²) in [6, 6.07) is 53.4. The summed E-state index contributed by atoms with van der Waals surface area (Å²) in [5, 5.41) is 10.4. The van der Waals surface area contributed by atoms with Crippen LogP contribution in [0.1, 0.15) is 0 Å². The maximum atomic E-state index is 2.53. The molecule has 0 aliphatic carbocycles. The van der Waals surface area contributed by atoms with Crippen LogP contribution in [0.2, 0.25) is 0 Å². The average Bonchev–Trinajstić information content (AvgIpc) is 3.53. The summed E-state index contributed by atoms with van der Waals surface area (Å²) in [6.07, 6.45) is 0. The maximum absolute atomic E-state index is 2.53. The Morgan fingerprint density at radius 3 is 1.98 bits per heavy atom. The van der Waals surface area contributed by atoms with Crippen molar-refractivity contribution in [3.05, 3.63) is 146 Å².